The Morgan fingerprint density at radius 1 is 1.02 bits per heavy atom. The molecule has 0 N–H and O–H groups in total. The van der Waals surface area contributed by atoms with E-state index in [0.29, 0.717) is 21.2 Å². The van der Waals surface area contributed by atoms with Gasteiger partial charge in [-0.1, -0.05) is 54.1 Å². The average Bonchev–Trinajstić information content (AvgIpc) is 3.52. The van der Waals surface area contributed by atoms with Gasteiger partial charge in [0.15, 0.2) is 11.8 Å². The van der Waals surface area contributed by atoms with Crippen molar-refractivity contribution in [1.82, 2.24) is 4.57 Å². The van der Waals surface area contributed by atoms with E-state index in [1.54, 1.807) is 15.9 Å². The van der Waals surface area contributed by atoms with E-state index in [-0.39, 0.29) is 12.3 Å². The van der Waals surface area contributed by atoms with Gasteiger partial charge in [0.25, 0.3) is 10.7 Å². The number of thiazole rings is 2. The van der Waals surface area contributed by atoms with Crippen molar-refractivity contribution in [3.8, 4) is 0 Å². The standard InChI is InChI=1S/C32H27ClN5O2S3/c1-4-37-28(39)27(25-16-14-20-10-8-9-13-23(20)35(25)2)42-29(37)30-40-19-38(22-11-6-5-7-12-22)32(43-30)34-31-36(3)24-17-15-21(33)18-26(24)41-31/h5-18H,4,19H2,1-3H3/q+1/b27-25-,30-29-. The Balaban J connectivity index is 1.39. The lowest BCUT2D eigenvalue weighted by atomic mass is 10.1. The number of ether oxygens (including phenoxy) is 1. The minimum absolute atomic E-state index is 0.0261. The van der Waals surface area contributed by atoms with E-state index in [4.69, 9.17) is 21.3 Å². The van der Waals surface area contributed by atoms with Gasteiger partial charge in [-0.05, 0) is 71.3 Å². The first-order valence-corrected chi connectivity index (χ1v) is 16.5. The second kappa shape index (κ2) is 11.3. The SMILES string of the molecule is CCn1c(=O)/c(=C2\C=Cc3ccccc3N2C)s/c1=C1/OCN(c2ccccc2)C(=Nc2sc3cc(Cl)ccc3[n+]2C)S1. The largest absolute Gasteiger partial charge is 0.463 e. The molecule has 2 aliphatic heterocycles. The van der Waals surface area contributed by atoms with E-state index in [1.165, 1.54) is 23.1 Å². The molecule has 5 aromatic rings. The van der Waals surface area contributed by atoms with Crippen LogP contribution in [0.25, 0.3) is 27.1 Å². The van der Waals surface area contributed by atoms with E-state index < -0.39 is 0 Å². The third kappa shape index (κ3) is 4.98. The fourth-order valence-electron chi connectivity index (χ4n) is 5.21. The van der Waals surface area contributed by atoms with E-state index >= 15 is 0 Å². The third-order valence-corrected chi connectivity index (χ3v) is 11.1. The number of thioether (sulfide) groups is 1. The highest BCUT2D eigenvalue weighted by atomic mass is 35.5. The molecule has 43 heavy (non-hydrogen) atoms. The number of aliphatic imine (C=N–C) groups is 1. The number of aromatic nitrogens is 2. The fourth-order valence-corrected chi connectivity index (χ4v) is 8.85. The molecule has 7 rings (SSSR count). The molecule has 0 spiro atoms. The summed E-state index contributed by atoms with van der Waals surface area (Å²) >= 11 is 10.8. The number of aryl methyl sites for hydroxylation is 1. The molecule has 216 valence electrons. The lowest BCUT2D eigenvalue weighted by Gasteiger charge is -2.27. The zero-order valence-electron chi connectivity index (χ0n) is 23.7. The summed E-state index contributed by atoms with van der Waals surface area (Å²) in [7, 11) is 4.02. The van der Waals surface area contributed by atoms with E-state index in [9.17, 15) is 4.79 Å². The lowest BCUT2D eigenvalue weighted by Crippen LogP contribution is -2.38. The Labute approximate surface area is 265 Å². The van der Waals surface area contributed by atoms with Crippen molar-refractivity contribution < 1.29 is 9.30 Å². The monoisotopic (exact) mass is 644 g/mol. The van der Waals surface area contributed by atoms with Gasteiger partial charge in [0.2, 0.25) is 0 Å². The number of nitrogens with zero attached hydrogens (tertiary/aromatic N) is 5. The first kappa shape index (κ1) is 28.0. The van der Waals surface area contributed by atoms with Crippen LogP contribution in [0.4, 0.5) is 16.5 Å². The van der Waals surface area contributed by atoms with Crippen LogP contribution in [0.2, 0.25) is 5.02 Å². The van der Waals surface area contributed by atoms with Crippen LogP contribution >= 0.6 is 46.0 Å². The number of amidine groups is 1. The molecule has 0 atom stereocenters. The first-order valence-electron chi connectivity index (χ1n) is 13.7. The zero-order valence-corrected chi connectivity index (χ0v) is 26.9. The van der Waals surface area contributed by atoms with Crippen LogP contribution < -0.4 is 29.1 Å². The van der Waals surface area contributed by atoms with Gasteiger partial charge in [-0.3, -0.25) is 14.3 Å². The van der Waals surface area contributed by atoms with Crippen molar-refractivity contribution in [2.45, 2.75) is 13.5 Å². The normalized spacial score (nSPS) is 18.4. The zero-order chi connectivity index (χ0) is 29.7. The van der Waals surface area contributed by atoms with Gasteiger partial charge < -0.3 is 9.64 Å². The van der Waals surface area contributed by atoms with Crippen molar-refractivity contribution in [2.24, 2.45) is 12.0 Å². The van der Waals surface area contributed by atoms with Crippen LogP contribution in [0.15, 0.2) is 88.7 Å². The quantitative estimate of drug-likeness (QED) is 0.230. The predicted octanol–water partition coefficient (Wildman–Crippen LogP) is 5.87. The van der Waals surface area contributed by atoms with Crippen LogP contribution in [0, 0.1) is 0 Å². The van der Waals surface area contributed by atoms with Gasteiger partial charge in [-0.25, -0.2) is 4.57 Å². The molecule has 4 heterocycles. The number of likely N-dealkylation sites (N-methyl/N-ethyl adjacent to an activating group) is 1. The summed E-state index contributed by atoms with van der Waals surface area (Å²) < 4.78 is 12.8. The number of para-hydroxylation sites is 2. The maximum absolute atomic E-state index is 13.8. The van der Waals surface area contributed by atoms with Gasteiger partial charge in [0.05, 0.1) is 17.4 Å². The van der Waals surface area contributed by atoms with Gasteiger partial charge in [-0.2, -0.15) is 0 Å². The highest BCUT2D eigenvalue weighted by Gasteiger charge is 2.31. The molecule has 1 fully saturated rings. The summed E-state index contributed by atoms with van der Waals surface area (Å²) in [6.07, 6.45) is 4.09. The Morgan fingerprint density at radius 2 is 1.81 bits per heavy atom. The number of hydrogen-bond acceptors (Lipinski definition) is 7. The highest BCUT2D eigenvalue weighted by Crippen LogP contribution is 2.35. The summed E-state index contributed by atoms with van der Waals surface area (Å²) in [4.78, 5) is 23.1. The Bertz CT molecular complexity index is 2130. The molecule has 0 saturated carbocycles. The van der Waals surface area contributed by atoms with Crippen molar-refractivity contribution in [1.29, 1.82) is 0 Å². The molecule has 0 amide bonds. The van der Waals surface area contributed by atoms with Crippen molar-refractivity contribution >= 4 is 94.8 Å². The first-order chi connectivity index (χ1) is 20.9. The minimum Gasteiger partial charge on any atom is -0.463 e. The number of hydrogen-bond donors (Lipinski definition) is 0. The van der Waals surface area contributed by atoms with Crippen LogP contribution in [-0.2, 0) is 18.3 Å². The molecule has 1 saturated heterocycles. The number of anilines is 2. The lowest BCUT2D eigenvalue weighted by molar-refractivity contribution is -0.627. The minimum atomic E-state index is -0.0261. The van der Waals surface area contributed by atoms with Crippen LogP contribution in [0.3, 0.4) is 0 Å². The molecule has 0 aliphatic carbocycles. The average molecular weight is 645 g/mol. The molecular formula is C32H27ClN5O2S3+. The number of rotatable bonds is 3. The number of fused-ring (bicyclic) bond motifs is 2. The summed E-state index contributed by atoms with van der Waals surface area (Å²) in [5.41, 5.74) is 5.08. The Hall–Kier alpha value is -3.83. The van der Waals surface area contributed by atoms with Gasteiger partial charge in [0, 0.05) is 41.8 Å². The maximum atomic E-state index is 13.8. The van der Waals surface area contributed by atoms with Crippen molar-refractivity contribution in [3.05, 3.63) is 109 Å². The molecule has 0 unspecified atom stereocenters. The molecule has 2 aliphatic rings. The van der Waals surface area contributed by atoms with Crippen LogP contribution in [0.5, 0.6) is 0 Å². The van der Waals surface area contributed by atoms with Gasteiger partial charge in [0.1, 0.15) is 14.7 Å². The number of halogens is 1. The van der Waals surface area contributed by atoms with Crippen molar-refractivity contribution in [2.75, 3.05) is 23.6 Å². The second-order valence-corrected chi connectivity index (χ2v) is 13.4. The molecule has 2 aromatic heterocycles. The van der Waals surface area contributed by atoms with E-state index in [2.05, 4.69) is 32.6 Å². The molecule has 0 bridgehead atoms. The van der Waals surface area contributed by atoms with E-state index in [0.717, 1.165) is 47.8 Å². The van der Waals surface area contributed by atoms with Crippen LogP contribution in [-0.4, -0.2) is 23.5 Å². The summed E-state index contributed by atoms with van der Waals surface area (Å²) in [5.74, 6) is 0. The number of benzene rings is 3. The predicted molar refractivity (Wildman–Crippen MR) is 182 cm³/mol. The van der Waals surface area contributed by atoms with E-state index in [1.807, 2.05) is 87.8 Å². The highest BCUT2D eigenvalue weighted by molar-refractivity contribution is 8.21. The molecule has 11 heteroatoms. The van der Waals surface area contributed by atoms with Gasteiger partial charge in [-0.15, -0.1) is 11.3 Å². The smallest absolute Gasteiger partial charge is 0.385 e. The fraction of sp³-hybridized carbons (Fsp3) is 0.156. The summed E-state index contributed by atoms with van der Waals surface area (Å²) in [6.45, 7) is 2.78. The molecule has 0 radical (unpaired) electrons. The topological polar surface area (TPSA) is 54.0 Å². The molecular weight excluding hydrogens is 618 g/mol. The Morgan fingerprint density at radius 3 is 2.63 bits per heavy atom. The second-order valence-electron chi connectivity index (χ2n) is 10.00. The molecule has 7 nitrogen and oxygen atoms in total. The van der Waals surface area contributed by atoms with Crippen LogP contribution in [0.1, 0.15) is 12.5 Å². The van der Waals surface area contributed by atoms with Crippen molar-refractivity contribution in [3.63, 3.8) is 0 Å². The third-order valence-electron chi connectivity index (χ3n) is 7.46. The maximum Gasteiger partial charge on any atom is 0.385 e. The molecule has 3 aromatic carbocycles. The summed E-state index contributed by atoms with van der Waals surface area (Å²) in [6, 6.07) is 24.1. The Kier molecular flexibility index (Phi) is 7.38. The summed E-state index contributed by atoms with van der Waals surface area (Å²) in [5, 5.41) is 2.96. The van der Waals surface area contributed by atoms with Gasteiger partial charge >= 0.3 is 5.13 Å².